The van der Waals surface area contributed by atoms with E-state index in [2.05, 4.69) is 48.3 Å². The highest BCUT2D eigenvalue weighted by Crippen LogP contribution is 2.46. The van der Waals surface area contributed by atoms with Crippen LogP contribution in [0.1, 0.15) is 115 Å². The van der Waals surface area contributed by atoms with Crippen molar-refractivity contribution < 1.29 is 41.5 Å². The molecule has 9 rings (SSSR count). The molecule has 16 heteroatoms. The Balaban J connectivity index is 1.06. The maximum absolute atomic E-state index is 14.9. The highest BCUT2D eigenvalue weighted by atomic mass is 32.2. The third kappa shape index (κ3) is 9.07. The summed E-state index contributed by atoms with van der Waals surface area (Å²) in [6.45, 7) is 8.36. The number of rotatable bonds is 8. The number of amides is 4. The predicted molar refractivity (Wildman–Crippen MR) is 240 cm³/mol. The average Bonchev–Trinajstić information content (AvgIpc) is 4.07. The highest BCUT2D eigenvalue weighted by Gasteiger charge is 2.62. The summed E-state index contributed by atoms with van der Waals surface area (Å²) in [6, 6.07) is 11.7. The lowest BCUT2D eigenvalue weighted by Gasteiger charge is -2.30. The van der Waals surface area contributed by atoms with Gasteiger partial charge in [0.05, 0.1) is 11.8 Å². The van der Waals surface area contributed by atoms with Crippen LogP contribution in [0, 0.1) is 12.8 Å². The Kier molecular flexibility index (Phi) is 11.7. The van der Waals surface area contributed by atoms with Crippen LogP contribution >= 0.6 is 0 Å². The van der Waals surface area contributed by atoms with E-state index in [-0.39, 0.29) is 36.8 Å². The van der Waals surface area contributed by atoms with E-state index < -0.39 is 68.7 Å². The van der Waals surface area contributed by atoms with Crippen molar-refractivity contribution in [2.75, 3.05) is 6.54 Å². The van der Waals surface area contributed by atoms with Gasteiger partial charge in [0.15, 0.2) is 5.82 Å². The maximum atomic E-state index is 14.9. The molecule has 340 valence electrons. The van der Waals surface area contributed by atoms with E-state index in [1.807, 2.05) is 49.4 Å². The molecule has 4 amide bonds. The number of hydrogen-bond acceptors (Lipinski definition) is 11. The molecule has 0 spiro atoms. The van der Waals surface area contributed by atoms with Gasteiger partial charge in [0.2, 0.25) is 27.4 Å². The number of ether oxygens (including phenoxy) is 2. The number of alkyl carbamates (subject to hydrolysis) is 1. The van der Waals surface area contributed by atoms with E-state index in [0.717, 1.165) is 60.6 Å². The van der Waals surface area contributed by atoms with Crippen molar-refractivity contribution in [1.82, 2.24) is 30.2 Å². The lowest BCUT2D eigenvalue weighted by atomic mass is 9.87. The second kappa shape index (κ2) is 17.1. The van der Waals surface area contributed by atoms with E-state index in [4.69, 9.17) is 23.9 Å². The number of allylic oxidation sites excluding steroid dienone is 1. The fourth-order valence-electron chi connectivity index (χ4n) is 9.40. The zero-order valence-electron chi connectivity index (χ0n) is 37.0. The Morgan fingerprint density at radius 2 is 1.69 bits per heavy atom. The predicted octanol–water partition coefficient (Wildman–Crippen LogP) is 7.04. The minimum absolute atomic E-state index is 0.00413. The van der Waals surface area contributed by atoms with Gasteiger partial charge in [-0.1, -0.05) is 81.7 Å². The van der Waals surface area contributed by atoms with E-state index in [9.17, 15) is 27.6 Å². The van der Waals surface area contributed by atoms with Gasteiger partial charge < -0.3 is 29.4 Å². The molecular formula is C48H58N6O9S. The Bertz CT molecular complexity index is 2610. The van der Waals surface area contributed by atoms with E-state index in [1.165, 1.54) is 4.90 Å². The van der Waals surface area contributed by atoms with Gasteiger partial charge in [-0.3, -0.25) is 19.1 Å². The van der Waals surface area contributed by atoms with Gasteiger partial charge in [0.25, 0.3) is 11.8 Å². The molecule has 5 aliphatic rings. The third-order valence-corrected chi connectivity index (χ3v) is 15.3. The number of carbonyl (C=O) groups is 4. The minimum Gasteiger partial charge on any atom is -0.470 e. The van der Waals surface area contributed by atoms with Crippen LogP contribution in [0.3, 0.4) is 0 Å². The van der Waals surface area contributed by atoms with Crippen LogP contribution in [0.25, 0.3) is 33.5 Å². The SMILES string of the molecule is Cc1ccc2oc3c(O[C@@H]4C[C@H]5C(=O)N[C@]6(C(=O)NS(=O)(=O)C7CC7)C[C@@H]6/C=C\CCCCC[C@H](NC(=O)OC6CCCC6)C(=O)N5C4)nc(-c4ccc(C(C)(C)C)cc4)nc3c2c1. The maximum Gasteiger partial charge on any atom is 0.408 e. The summed E-state index contributed by atoms with van der Waals surface area (Å²) >= 11 is 0. The van der Waals surface area contributed by atoms with Gasteiger partial charge >= 0.3 is 6.09 Å². The summed E-state index contributed by atoms with van der Waals surface area (Å²) < 4.78 is 47.1. The molecule has 4 heterocycles. The second-order valence-electron chi connectivity index (χ2n) is 19.5. The first-order chi connectivity index (χ1) is 30.6. The Labute approximate surface area is 373 Å². The van der Waals surface area contributed by atoms with Gasteiger partial charge in [-0.05, 0) is 94.2 Å². The third-order valence-electron chi connectivity index (χ3n) is 13.4. The number of hydrogen-bond donors (Lipinski definition) is 3. The summed E-state index contributed by atoms with van der Waals surface area (Å²) in [4.78, 5) is 68.1. The van der Waals surface area contributed by atoms with Crippen molar-refractivity contribution in [3.63, 3.8) is 0 Å². The second-order valence-corrected chi connectivity index (χ2v) is 21.4. The van der Waals surface area contributed by atoms with E-state index in [1.54, 1.807) is 0 Å². The molecule has 2 aliphatic heterocycles. The quantitative estimate of drug-likeness (QED) is 0.153. The van der Waals surface area contributed by atoms with Crippen molar-refractivity contribution >= 4 is 55.9 Å². The molecule has 3 aliphatic carbocycles. The van der Waals surface area contributed by atoms with Crippen LogP contribution in [0.5, 0.6) is 5.88 Å². The number of carbonyl (C=O) groups excluding carboxylic acids is 4. The van der Waals surface area contributed by atoms with Gasteiger partial charge in [-0.2, -0.15) is 4.98 Å². The van der Waals surface area contributed by atoms with Gasteiger partial charge in [0, 0.05) is 23.3 Å². The first kappa shape index (κ1) is 43.7. The molecule has 5 atom stereocenters. The molecule has 3 saturated carbocycles. The minimum atomic E-state index is -3.92. The van der Waals surface area contributed by atoms with Gasteiger partial charge in [0.1, 0.15) is 40.9 Å². The number of nitrogens with one attached hydrogen (secondary N) is 3. The summed E-state index contributed by atoms with van der Waals surface area (Å²) in [6.07, 6.45) is 9.88. The summed E-state index contributed by atoms with van der Waals surface area (Å²) in [5.74, 6) is -1.83. The molecule has 1 saturated heterocycles. The van der Waals surface area contributed by atoms with Crippen molar-refractivity contribution in [2.24, 2.45) is 5.92 Å². The van der Waals surface area contributed by atoms with Crippen molar-refractivity contribution in [3.05, 3.63) is 65.7 Å². The molecule has 4 fully saturated rings. The largest absolute Gasteiger partial charge is 0.470 e. The zero-order valence-corrected chi connectivity index (χ0v) is 37.8. The van der Waals surface area contributed by atoms with Crippen LogP contribution in [0.2, 0.25) is 0 Å². The van der Waals surface area contributed by atoms with Crippen LogP contribution < -0.4 is 20.1 Å². The normalized spacial score (nSPS) is 26.3. The van der Waals surface area contributed by atoms with Crippen LogP contribution in [-0.2, 0) is 34.6 Å². The Hall–Kier alpha value is -5.51. The summed E-state index contributed by atoms with van der Waals surface area (Å²) in [7, 11) is -3.92. The summed E-state index contributed by atoms with van der Waals surface area (Å²) in [5.41, 5.74) is 2.76. The standard InChI is InChI=1S/C48H58N6O9S/c1-28-16-23-38-35(24-28)39-40(63-38)43(51-41(50-39)29-17-19-30(20-18-29)47(2,3)4)61-33-25-37-42(55)52-48(45(57)53-64(59,60)34-21-22-34)26-31(48)12-8-6-5-7-9-15-36(44(56)54(37)27-33)49-46(58)62-32-13-10-11-14-32/h8,12,16-20,23-24,31-34,36-37H,5-7,9-11,13-15,21-22,25-27H2,1-4H3,(H,49,58)(H,52,55)(H,53,57)/b12-8-/t31-,33+,36-,37-,48+/m0/s1. The van der Waals surface area contributed by atoms with Crippen molar-refractivity contribution in [1.29, 1.82) is 0 Å². The number of fused-ring (bicyclic) bond motifs is 5. The number of furan rings is 1. The molecule has 0 bridgehead atoms. The number of aromatic nitrogens is 2. The average molecular weight is 895 g/mol. The monoisotopic (exact) mass is 894 g/mol. The molecule has 0 radical (unpaired) electrons. The Morgan fingerprint density at radius 1 is 0.938 bits per heavy atom. The zero-order chi connectivity index (χ0) is 45.0. The topological polar surface area (TPSA) is 199 Å². The smallest absolute Gasteiger partial charge is 0.408 e. The Morgan fingerprint density at radius 3 is 2.42 bits per heavy atom. The fraction of sp³-hybridized carbons (Fsp3) is 0.542. The molecule has 4 aromatic rings. The molecular weight excluding hydrogens is 837 g/mol. The lowest BCUT2D eigenvalue weighted by Crippen LogP contribution is -2.58. The lowest BCUT2D eigenvalue weighted by molar-refractivity contribution is -0.141. The first-order valence-electron chi connectivity index (χ1n) is 22.9. The van der Waals surface area contributed by atoms with Crippen LogP contribution in [0.15, 0.2) is 59.0 Å². The molecule has 0 unspecified atom stereocenters. The number of nitrogens with zero attached hydrogens (tertiary/aromatic N) is 3. The molecule has 3 N–H and O–H groups in total. The molecule has 2 aromatic heterocycles. The van der Waals surface area contributed by atoms with E-state index >= 15 is 0 Å². The van der Waals surface area contributed by atoms with Crippen molar-refractivity contribution in [3.8, 4) is 17.3 Å². The molecule has 15 nitrogen and oxygen atoms in total. The molecule has 2 aromatic carbocycles. The number of benzene rings is 2. The van der Waals surface area contributed by atoms with Gasteiger partial charge in [-0.15, -0.1) is 0 Å². The van der Waals surface area contributed by atoms with Crippen LogP contribution in [-0.4, -0.2) is 88.7 Å². The summed E-state index contributed by atoms with van der Waals surface area (Å²) in [5, 5.41) is 5.90. The van der Waals surface area contributed by atoms with Crippen molar-refractivity contribution in [2.45, 2.75) is 152 Å². The first-order valence-corrected chi connectivity index (χ1v) is 24.4. The van der Waals surface area contributed by atoms with E-state index in [0.29, 0.717) is 54.6 Å². The van der Waals surface area contributed by atoms with Gasteiger partial charge in [-0.25, -0.2) is 18.2 Å². The number of sulfonamides is 1. The molecule has 64 heavy (non-hydrogen) atoms. The fourth-order valence-corrected chi connectivity index (χ4v) is 10.8. The highest BCUT2D eigenvalue weighted by molar-refractivity contribution is 7.91. The number of aryl methyl sites for hydroxylation is 1. The van der Waals surface area contributed by atoms with Crippen LogP contribution in [0.4, 0.5) is 4.79 Å².